The van der Waals surface area contributed by atoms with E-state index in [4.69, 9.17) is 9.94 Å². The molecule has 0 aliphatic heterocycles. The van der Waals surface area contributed by atoms with Crippen LogP contribution in [0.2, 0.25) is 0 Å². The van der Waals surface area contributed by atoms with Crippen molar-refractivity contribution >= 4 is 0 Å². The van der Waals surface area contributed by atoms with Gasteiger partial charge in [0.05, 0.1) is 6.10 Å². The molecule has 0 radical (unpaired) electrons. The van der Waals surface area contributed by atoms with E-state index in [1.165, 1.54) is 25.7 Å². The van der Waals surface area contributed by atoms with Crippen LogP contribution in [0.4, 0.5) is 0 Å². The fraction of sp³-hybridized carbons (Fsp3) is 1.00. The molecule has 0 bridgehead atoms. The summed E-state index contributed by atoms with van der Waals surface area (Å²) in [5.41, 5.74) is 2.92. The molecule has 1 atom stereocenters. The molecule has 1 saturated carbocycles. The maximum Gasteiger partial charge on any atom is 0.0790 e. The molecule has 2 N–H and O–H groups in total. The Morgan fingerprint density at radius 2 is 2.17 bits per heavy atom. The minimum atomic E-state index is 0.223. The highest BCUT2D eigenvalue weighted by Gasteiger charge is 2.15. The summed E-state index contributed by atoms with van der Waals surface area (Å²) in [6, 6.07) is 0. The molecular formula is C9H19NO2. The van der Waals surface area contributed by atoms with E-state index in [0.29, 0.717) is 6.10 Å². The Kier molecular flexibility index (Phi) is 4.58. The maximum absolute atomic E-state index is 8.73. The third kappa shape index (κ3) is 3.52. The number of hydroxylamine groups is 1. The highest BCUT2D eigenvalue weighted by atomic mass is 16.7. The normalized spacial score (nSPS) is 21.5. The van der Waals surface area contributed by atoms with Crippen LogP contribution in [-0.4, -0.2) is 24.4 Å². The van der Waals surface area contributed by atoms with Crippen LogP contribution in [0.25, 0.3) is 0 Å². The van der Waals surface area contributed by atoms with Gasteiger partial charge < -0.3 is 5.11 Å². The Hall–Kier alpha value is -0.120. The van der Waals surface area contributed by atoms with Crippen LogP contribution in [0.1, 0.15) is 32.6 Å². The fourth-order valence-electron chi connectivity index (χ4n) is 1.38. The van der Waals surface area contributed by atoms with Gasteiger partial charge in [-0.2, -0.15) is 0 Å². The topological polar surface area (TPSA) is 41.5 Å². The minimum Gasteiger partial charge on any atom is -0.396 e. The third-order valence-electron chi connectivity index (χ3n) is 2.30. The number of aliphatic hydroxyl groups is 1. The van der Waals surface area contributed by atoms with Crippen molar-refractivity contribution in [2.45, 2.75) is 38.7 Å². The highest BCUT2D eigenvalue weighted by molar-refractivity contribution is 4.65. The first-order valence-electron chi connectivity index (χ1n) is 4.82. The molecule has 12 heavy (non-hydrogen) atoms. The maximum atomic E-state index is 8.73. The Morgan fingerprint density at radius 1 is 1.50 bits per heavy atom. The lowest BCUT2D eigenvalue weighted by molar-refractivity contribution is -0.0286. The van der Waals surface area contributed by atoms with Crippen LogP contribution in [0.3, 0.4) is 0 Å². The lowest BCUT2D eigenvalue weighted by atomic mass is 10.2. The van der Waals surface area contributed by atoms with Crippen molar-refractivity contribution in [2.24, 2.45) is 5.92 Å². The van der Waals surface area contributed by atoms with Crippen LogP contribution in [0, 0.1) is 5.92 Å². The number of nitrogens with one attached hydrogen (secondary N) is 1. The first kappa shape index (κ1) is 9.96. The average Bonchev–Trinajstić information content (AvgIpc) is 2.57. The van der Waals surface area contributed by atoms with Crippen molar-refractivity contribution in [3.8, 4) is 0 Å². The minimum absolute atomic E-state index is 0.223. The first-order valence-corrected chi connectivity index (χ1v) is 4.82. The molecule has 0 aromatic rings. The molecule has 0 amide bonds. The van der Waals surface area contributed by atoms with Gasteiger partial charge in [-0.05, 0) is 18.8 Å². The zero-order valence-corrected chi connectivity index (χ0v) is 7.75. The van der Waals surface area contributed by atoms with Crippen molar-refractivity contribution in [3.63, 3.8) is 0 Å². The van der Waals surface area contributed by atoms with Crippen LogP contribution in [0.5, 0.6) is 0 Å². The molecule has 3 nitrogen and oxygen atoms in total. The van der Waals surface area contributed by atoms with Crippen molar-refractivity contribution in [2.75, 3.05) is 13.2 Å². The van der Waals surface area contributed by atoms with E-state index in [2.05, 4.69) is 5.48 Å². The lowest BCUT2D eigenvalue weighted by Gasteiger charge is -2.13. The second-order valence-corrected chi connectivity index (χ2v) is 3.66. The molecule has 1 aliphatic carbocycles. The second-order valence-electron chi connectivity index (χ2n) is 3.66. The molecule has 0 aromatic heterocycles. The van der Waals surface area contributed by atoms with Gasteiger partial charge in [-0.25, -0.2) is 5.48 Å². The Balaban J connectivity index is 1.94. The fourth-order valence-corrected chi connectivity index (χ4v) is 1.38. The monoisotopic (exact) mass is 173 g/mol. The van der Waals surface area contributed by atoms with E-state index in [1.807, 2.05) is 6.92 Å². The Morgan fingerprint density at radius 3 is 2.75 bits per heavy atom. The molecule has 0 spiro atoms. The highest BCUT2D eigenvalue weighted by Crippen LogP contribution is 2.19. The van der Waals surface area contributed by atoms with Gasteiger partial charge in [0.2, 0.25) is 0 Å². The molecule has 1 rings (SSSR count). The van der Waals surface area contributed by atoms with E-state index in [9.17, 15) is 0 Å². The second kappa shape index (κ2) is 5.51. The van der Waals surface area contributed by atoms with E-state index in [1.54, 1.807) is 0 Å². The van der Waals surface area contributed by atoms with Crippen molar-refractivity contribution in [1.82, 2.24) is 5.48 Å². The van der Waals surface area contributed by atoms with Crippen LogP contribution >= 0.6 is 0 Å². The van der Waals surface area contributed by atoms with Gasteiger partial charge in [0.15, 0.2) is 0 Å². The van der Waals surface area contributed by atoms with Crippen molar-refractivity contribution in [1.29, 1.82) is 0 Å². The standard InChI is InChI=1S/C9H19NO2/c1-8(7-11)6-10-12-9-4-2-3-5-9/h8-11H,2-7H2,1H3. The Bertz CT molecular complexity index is 113. The van der Waals surface area contributed by atoms with Gasteiger partial charge in [-0.1, -0.05) is 19.8 Å². The molecule has 1 aliphatic rings. The SMILES string of the molecule is CC(CO)CNOC1CCCC1. The predicted molar refractivity (Wildman–Crippen MR) is 47.6 cm³/mol. The largest absolute Gasteiger partial charge is 0.396 e. The first-order chi connectivity index (χ1) is 5.83. The lowest BCUT2D eigenvalue weighted by Crippen LogP contribution is -2.27. The van der Waals surface area contributed by atoms with E-state index in [0.717, 1.165) is 6.54 Å². The summed E-state index contributed by atoms with van der Waals surface area (Å²) in [6.07, 6.45) is 5.36. The molecular weight excluding hydrogens is 154 g/mol. The summed E-state index contributed by atoms with van der Waals surface area (Å²) >= 11 is 0. The molecule has 1 unspecified atom stereocenters. The summed E-state index contributed by atoms with van der Waals surface area (Å²) in [4.78, 5) is 5.41. The molecule has 0 heterocycles. The molecule has 72 valence electrons. The van der Waals surface area contributed by atoms with Crippen molar-refractivity contribution < 1.29 is 9.94 Å². The van der Waals surface area contributed by atoms with Crippen LogP contribution in [-0.2, 0) is 4.84 Å². The summed E-state index contributed by atoms with van der Waals surface area (Å²) in [6.45, 7) is 2.96. The van der Waals surface area contributed by atoms with Crippen molar-refractivity contribution in [3.05, 3.63) is 0 Å². The number of hydrogen-bond acceptors (Lipinski definition) is 3. The zero-order chi connectivity index (χ0) is 8.81. The molecule has 1 fully saturated rings. The van der Waals surface area contributed by atoms with E-state index in [-0.39, 0.29) is 12.5 Å². The molecule has 3 heteroatoms. The van der Waals surface area contributed by atoms with Gasteiger partial charge in [-0.15, -0.1) is 0 Å². The molecule has 0 aromatic carbocycles. The number of rotatable bonds is 5. The van der Waals surface area contributed by atoms with Gasteiger partial charge in [0.1, 0.15) is 0 Å². The predicted octanol–water partition coefficient (Wildman–Crippen LogP) is 1.08. The van der Waals surface area contributed by atoms with Gasteiger partial charge in [-0.3, -0.25) is 4.84 Å². The summed E-state index contributed by atoms with van der Waals surface area (Å²) in [5, 5.41) is 8.73. The van der Waals surface area contributed by atoms with Crippen LogP contribution < -0.4 is 5.48 Å². The quantitative estimate of drug-likeness (QED) is 0.611. The molecule has 0 saturated heterocycles. The van der Waals surface area contributed by atoms with E-state index < -0.39 is 0 Å². The van der Waals surface area contributed by atoms with Crippen LogP contribution in [0.15, 0.2) is 0 Å². The van der Waals surface area contributed by atoms with Gasteiger partial charge in [0.25, 0.3) is 0 Å². The summed E-state index contributed by atoms with van der Waals surface area (Å²) in [7, 11) is 0. The number of hydrogen-bond donors (Lipinski definition) is 2. The summed E-state index contributed by atoms with van der Waals surface area (Å²) < 4.78 is 0. The third-order valence-corrected chi connectivity index (χ3v) is 2.30. The van der Waals surface area contributed by atoms with Gasteiger partial charge in [0, 0.05) is 13.2 Å². The average molecular weight is 173 g/mol. The summed E-state index contributed by atoms with van der Waals surface area (Å²) in [5.74, 6) is 0.284. The Labute approximate surface area is 74.1 Å². The van der Waals surface area contributed by atoms with E-state index >= 15 is 0 Å². The number of aliphatic hydroxyl groups excluding tert-OH is 1. The zero-order valence-electron chi connectivity index (χ0n) is 7.75. The smallest absolute Gasteiger partial charge is 0.0790 e. The van der Waals surface area contributed by atoms with Gasteiger partial charge >= 0.3 is 0 Å².